The number of likely N-dealkylation sites (N-methyl/N-ethyl adjacent to an activating group) is 1. The molecule has 144 valence electrons. The minimum Gasteiger partial charge on any atom is -0.352 e. The van der Waals surface area contributed by atoms with Crippen molar-refractivity contribution in [1.82, 2.24) is 24.2 Å². The summed E-state index contributed by atoms with van der Waals surface area (Å²) in [5.41, 5.74) is 2.30. The fraction of sp³-hybridized carbons (Fsp3) is 0.429. The third-order valence-electron chi connectivity index (χ3n) is 4.94. The van der Waals surface area contributed by atoms with Gasteiger partial charge in [0.05, 0.1) is 5.52 Å². The van der Waals surface area contributed by atoms with E-state index in [-0.39, 0.29) is 11.9 Å². The van der Waals surface area contributed by atoms with Crippen LogP contribution in [0.1, 0.15) is 31.3 Å². The third-order valence-corrected chi connectivity index (χ3v) is 4.94. The van der Waals surface area contributed by atoms with Crippen molar-refractivity contribution in [3.8, 4) is 11.4 Å². The van der Waals surface area contributed by atoms with Crippen molar-refractivity contribution in [3.63, 3.8) is 0 Å². The van der Waals surface area contributed by atoms with Crippen LogP contribution in [0.25, 0.3) is 16.9 Å². The molecule has 0 spiro atoms. The van der Waals surface area contributed by atoms with E-state index in [1.54, 1.807) is 0 Å². The van der Waals surface area contributed by atoms with Crippen LogP contribution in [-0.4, -0.2) is 51.4 Å². The molecule has 0 aliphatic carbocycles. The number of rotatable bonds is 7. The van der Waals surface area contributed by atoms with E-state index in [0.29, 0.717) is 11.6 Å². The second kappa shape index (κ2) is 7.96. The van der Waals surface area contributed by atoms with Gasteiger partial charge in [-0.3, -0.25) is 9.20 Å². The summed E-state index contributed by atoms with van der Waals surface area (Å²) < 4.78 is 4.14. The zero-order valence-electron chi connectivity index (χ0n) is 16.8. The molecule has 0 aromatic carbocycles. The predicted octanol–water partition coefficient (Wildman–Crippen LogP) is 3.14. The molecule has 6 nitrogen and oxygen atoms in total. The number of aromatic nitrogens is 3. The molecule has 0 aliphatic rings. The van der Waals surface area contributed by atoms with Gasteiger partial charge in [0.1, 0.15) is 5.82 Å². The first kappa shape index (κ1) is 19.2. The van der Waals surface area contributed by atoms with Crippen LogP contribution in [0.15, 0.2) is 42.9 Å². The molecule has 0 saturated carbocycles. The fourth-order valence-electron chi connectivity index (χ4n) is 2.88. The van der Waals surface area contributed by atoms with Crippen LogP contribution in [0.3, 0.4) is 0 Å². The highest BCUT2D eigenvalue weighted by atomic mass is 16.2. The highest BCUT2D eigenvalue weighted by Crippen LogP contribution is 2.23. The lowest BCUT2D eigenvalue weighted by molar-refractivity contribution is 0.0927. The second-order valence-electron chi connectivity index (χ2n) is 7.69. The van der Waals surface area contributed by atoms with Gasteiger partial charge in [0, 0.05) is 43.3 Å². The van der Waals surface area contributed by atoms with Crippen LogP contribution in [0.2, 0.25) is 0 Å². The summed E-state index contributed by atoms with van der Waals surface area (Å²) in [6.07, 6.45) is 6.10. The standard InChI is InChI=1S/C21H29N5O/c1-15(2)16(3)22-21(27)19-18-8-6-7-10-26(18)20(23-19)17-9-11-25(14-17)13-12-24(4)5/h6-11,14-16H,12-13H2,1-5H3,(H,22,27)/t16-/m1/s1. The van der Waals surface area contributed by atoms with E-state index in [1.165, 1.54) is 0 Å². The van der Waals surface area contributed by atoms with E-state index in [0.717, 1.165) is 30.0 Å². The Hall–Kier alpha value is -2.60. The third kappa shape index (κ3) is 4.22. The summed E-state index contributed by atoms with van der Waals surface area (Å²) in [6, 6.07) is 7.98. The topological polar surface area (TPSA) is 54.6 Å². The Kier molecular flexibility index (Phi) is 5.65. The largest absolute Gasteiger partial charge is 0.352 e. The van der Waals surface area contributed by atoms with E-state index in [1.807, 2.05) is 35.7 Å². The van der Waals surface area contributed by atoms with E-state index >= 15 is 0 Å². The molecule has 1 amide bonds. The Balaban J connectivity index is 1.94. The molecule has 0 aliphatic heterocycles. The first-order chi connectivity index (χ1) is 12.9. The lowest BCUT2D eigenvalue weighted by Crippen LogP contribution is -2.36. The molecule has 27 heavy (non-hydrogen) atoms. The Morgan fingerprint density at radius 3 is 2.67 bits per heavy atom. The highest BCUT2D eigenvalue weighted by molar-refractivity contribution is 6.00. The molecule has 3 rings (SSSR count). The molecule has 3 aromatic heterocycles. The van der Waals surface area contributed by atoms with Crippen LogP contribution >= 0.6 is 0 Å². The minimum absolute atomic E-state index is 0.0912. The number of pyridine rings is 1. The first-order valence-electron chi connectivity index (χ1n) is 9.45. The van der Waals surface area contributed by atoms with Crippen LogP contribution in [0, 0.1) is 5.92 Å². The lowest BCUT2D eigenvalue weighted by Gasteiger charge is -2.16. The maximum Gasteiger partial charge on any atom is 0.272 e. The Morgan fingerprint density at radius 2 is 1.96 bits per heavy atom. The van der Waals surface area contributed by atoms with E-state index in [4.69, 9.17) is 4.98 Å². The summed E-state index contributed by atoms with van der Waals surface area (Å²) in [4.78, 5) is 19.7. The second-order valence-corrected chi connectivity index (χ2v) is 7.69. The van der Waals surface area contributed by atoms with Crippen molar-refractivity contribution in [2.24, 2.45) is 5.92 Å². The van der Waals surface area contributed by atoms with Crippen LogP contribution < -0.4 is 5.32 Å². The Labute approximate surface area is 160 Å². The highest BCUT2D eigenvalue weighted by Gasteiger charge is 2.20. The average molecular weight is 367 g/mol. The van der Waals surface area contributed by atoms with Crippen molar-refractivity contribution in [2.75, 3.05) is 20.6 Å². The van der Waals surface area contributed by atoms with Gasteiger partial charge >= 0.3 is 0 Å². The molecule has 1 atom stereocenters. The maximum absolute atomic E-state index is 12.8. The molecular weight excluding hydrogens is 338 g/mol. The summed E-state index contributed by atoms with van der Waals surface area (Å²) in [6.45, 7) is 8.09. The van der Waals surface area contributed by atoms with Crippen LogP contribution in [0.5, 0.6) is 0 Å². The van der Waals surface area contributed by atoms with Crippen molar-refractivity contribution in [2.45, 2.75) is 33.4 Å². The van der Waals surface area contributed by atoms with Crippen molar-refractivity contribution >= 4 is 11.4 Å². The van der Waals surface area contributed by atoms with Crippen LogP contribution in [0.4, 0.5) is 0 Å². The molecule has 6 heteroatoms. The van der Waals surface area contributed by atoms with E-state index < -0.39 is 0 Å². The van der Waals surface area contributed by atoms with Gasteiger partial charge in [0.15, 0.2) is 5.69 Å². The molecular formula is C21H29N5O. The summed E-state index contributed by atoms with van der Waals surface area (Å²) in [5.74, 6) is 1.03. The normalized spacial score (nSPS) is 12.9. The molecule has 0 saturated heterocycles. The van der Waals surface area contributed by atoms with Gasteiger partial charge in [-0.25, -0.2) is 4.98 Å². The summed E-state index contributed by atoms with van der Waals surface area (Å²) >= 11 is 0. The number of nitrogens with one attached hydrogen (secondary N) is 1. The number of hydrogen-bond acceptors (Lipinski definition) is 3. The first-order valence-corrected chi connectivity index (χ1v) is 9.45. The predicted molar refractivity (Wildman–Crippen MR) is 109 cm³/mol. The number of nitrogens with zero attached hydrogens (tertiary/aromatic N) is 4. The lowest BCUT2D eigenvalue weighted by atomic mass is 10.1. The van der Waals surface area contributed by atoms with Gasteiger partial charge in [-0.15, -0.1) is 0 Å². The molecule has 3 aromatic rings. The van der Waals surface area contributed by atoms with Crippen LogP contribution in [-0.2, 0) is 6.54 Å². The molecule has 1 N–H and O–H groups in total. The summed E-state index contributed by atoms with van der Waals surface area (Å²) in [5, 5.41) is 3.07. The van der Waals surface area contributed by atoms with Crippen molar-refractivity contribution in [3.05, 3.63) is 48.5 Å². The molecule has 0 radical (unpaired) electrons. The van der Waals surface area contributed by atoms with Gasteiger partial charge < -0.3 is 14.8 Å². The zero-order valence-corrected chi connectivity index (χ0v) is 16.8. The minimum atomic E-state index is -0.127. The number of carbonyl (C=O) groups excluding carboxylic acids is 1. The smallest absolute Gasteiger partial charge is 0.272 e. The molecule has 3 heterocycles. The molecule has 0 unspecified atom stereocenters. The maximum atomic E-state index is 12.8. The van der Waals surface area contributed by atoms with Gasteiger partial charge in [0.25, 0.3) is 5.91 Å². The van der Waals surface area contributed by atoms with E-state index in [9.17, 15) is 4.79 Å². The monoisotopic (exact) mass is 367 g/mol. The van der Waals surface area contributed by atoms with Gasteiger partial charge in [-0.2, -0.15) is 0 Å². The Bertz CT molecular complexity index is 922. The molecule has 0 fully saturated rings. The zero-order chi connectivity index (χ0) is 19.6. The van der Waals surface area contributed by atoms with Gasteiger partial charge in [-0.1, -0.05) is 19.9 Å². The van der Waals surface area contributed by atoms with Gasteiger partial charge in [0.2, 0.25) is 0 Å². The number of fused-ring (bicyclic) bond motifs is 1. The van der Waals surface area contributed by atoms with E-state index in [2.05, 4.69) is 61.2 Å². The number of hydrogen-bond donors (Lipinski definition) is 1. The summed E-state index contributed by atoms with van der Waals surface area (Å²) in [7, 11) is 4.13. The number of amides is 1. The SMILES string of the molecule is CC(C)[C@@H](C)NC(=O)c1nc(-c2ccn(CCN(C)C)c2)n2ccccc12. The van der Waals surface area contributed by atoms with Gasteiger partial charge in [-0.05, 0) is 45.1 Å². The number of carbonyl (C=O) groups is 1. The quantitative estimate of drug-likeness (QED) is 0.698. The molecule has 0 bridgehead atoms. The number of imidazole rings is 1. The Morgan fingerprint density at radius 1 is 1.19 bits per heavy atom. The van der Waals surface area contributed by atoms with Crippen molar-refractivity contribution in [1.29, 1.82) is 0 Å². The van der Waals surface area contributed by atoms with Crippen molar-refractivity contribution < 1.29 is 4.79 Å². The fourth-order valence-corrected chi connectivity index (χ4v) is 2.88. The average Bonchev–Trinajstić information content (AvgIpc) is 3.24.